The molecule has 0 atom stereocenters. The molecule has 152 valence electrons. The molecule has 0 aliphatic heterocycles. The van der Waals surface area contributed by atoms with Crippen molar-refractivity contribution in [2.75, 3.05) is 9.44 Å². The molecular formula is C18H13F3N2O4S2. The van der Waals surface area contributed by atoms with E-state index in [9.17, 15) is 30.0 Å². The lowest BCUT2D eigenvalue weighted by molar-refractivity contribution is 0.504. The molecule has 0 fully saturated rings. The van der Waals surface area contributed by atoms with Crippen molar-refractivity contribution in [3.8, 4) is 0 Å². The molecule has 0 spiro atoms. The lowest BCUT2D eigenvalue weighted by Gasteiger charge is -2.11. The first-order valence-corrected chi connectivity index (χ1v) is 10.9. The van der Waals surface area contributed by atoms with Crippen LogP contribution in [0, 0.1) is 17.5 Å². The van der Waals surface area contributed by atoms with Crippen LogP contribution >= 0.6 is 0 Å². The highest BCUT2D eigenvalue weighted by Crippen LogP contribution is 2.22. The number of hydrogen-bond acceptors (Lipinski definition) is 4. The maximum Gasteiger partial charge on any atom is 0.261 e. The summed E-state index contributed by atoms with van der Waals surface area (Å²) in [5.74, 6) is -3.20. The Morgan fingerprint density at radius 1 is 0.586 bits per heavy atom. The molecule has 0 saturated heterocycles. The fraction of sp³-hybridized carbons (Fsp3) is 0. The highest BCUT2D eigenvalue weighted by molar-refractivity contribution is 7.93. The molecular weight excluding hydrogens is 429 g/mol. The molecule has 29 heavy (non-hydrogen) atoms. The van der Waals surface area contributed by atoms with Crippen LogP contribution in [0.25, 0.3) is 0 Å². The Morgan fingerprint density at radius 2 is 1.10 bits per heavy atom. The van der Waals surface area contributed by atoms with E-state index in [2.05, 4.69) is 9.44 Å². The van der Waals surface area contributed by atoms with Crippen molar-refractivity contribution in [1.29, 1.82) is 0 Å². The minimum absolute atomic E-state index is 0.0587. The van der Waals surface area contributed by atoms with Crippen LogP contribution in [-0.2, 0) is 20.0 Å². The molecule has 0 amide bonds. The van der Waals surface area contributed by atoms with Gasteiger partial charge in [-0.05, 0) is 60.7 Å². The molecule has 3 aromatic carbocycles. The second kappa shape index (κ2) is 7.76. The van der Waals surface area contributed by atoms with Gasteiger partial charge >= 0.3 is 0 Å². The van der Waals surface area contributed by atoms with Crippen LogP contribution < -0.4 is 9.44 Å². The van der Waals surface area contributed by atoms with Crippen LogP contribution in [0.15, 0.2) is 76.5 Å². The number of rotatable bonds is 6. The van der Waals surface area contributed by atoms with Gasteiger partial charge in [-0.1, -0.05) is 6.07 Å². The summed E-state index contributed by atoms with van der Waals surface area (Å²) in [6.07, 6.45) is 0. The van der Waals surface area contributed by atoms with E-state index in [1.807, 2.05) is 0 Å². The molecule has 0 aromatic heterocycles. The van der Waals surface area contributed by atoms with Gasteiger partial charge in [0, 0.05) is 11.4 Å². The predicted molar refractivity (Wildman–Crippen MR) is 101 cm³/mol. The predicted octanol–water partition coefficient (Wildman–Crippen LogP) is 3.71. The maximum atomic E-state index is 13.3. The molecule has 0 saturated carbocycles. The van der Waals surface area contributed by atoms with E-state index in [0.717, 1.165) is 18.2 Å². The Hall–Kier alpha value is -3.05. The molecule has 0 radical (unpaired) electrons. The quantitative estimate of drug-likeness (QED) is 0.609. The SMILES string of the molecule is O=S(=O)(Nc1ccc(NS(=O)(=O)c2ccc(F)c(F)c2)cc1)c1cccc(F)c1. The maximum absolute atomic E-state index is 13.3. The van der Waals surface area contributed by atoms with Gasteiger partial charge in [-0.3, -0.25) is 9.44 Å². The van der Waals surface area contributed by atoms with E-state index in [1.165, 1.54) is 36.4 Å². The summed E-state index contributed by atoms with van der Waals surface area (Å²) in [6.45, 7) is 0. The Labute approximate surface area is 165 Å². The van der Waals surface area contributed by atoms with E-state index in [0.29, 0.717) is 12.1 Å². The highest BCUT2D eigenvalue weighted by Gasteiger charge is 2.18. The van der Waals surface area contributed by atoms with Crippen LogP contribution in [0.1, 0.15) is 0 Å². The van der Waals surface area contributed by atoms with Crippen LogP contribution in [0.4, 0.5) is 24.5 Å². The Kier molecular flexibility index (Phi) is 5.53. The first-order chi connectivity index (χ1) is 13.6. The second-order valence-electron chi connectivity index (χ2n) is 5.82. The largest absolute Gasteiger partial charge is 0.280 e. The third-order valence-corrected chi connectivity index (χ3v) is 6.46. The zero-order valence-corrected chi connectivity index (χ0v) is 16.1. The highest BCUT2D eigenvalue weighted by atomic mass is 32.2. The van der Waals surface area contributed by atoms with Gasteiger partial charge in [0.25, 0.3) is 20.0 Å². The second-order valence-corrected chi connectivity index (χ2v) is 9.19. The molecule has 0 aliphatic carbocycles. The molecule has 0 aliphatic rings. The summed E-state index contributed by atoms with van der Waals surface area (Å²) in [4.78, 5) is -0.757. The summed E-state index contributed by atoms with van der Waals surface area (Å²) >= 11 is 0. The van der Waals surface area contributed by atoms with Gasteiger partial charge < -0.3 is 0 Å². The van der Waals surface area contributed by atoms with Crippen molar-refractivity contribution in [3.05, 3.63) is 84.2 Å². The van der Waals surface area contributed by atoms with Gasteiger partial charge in [-0.2, -0.15) is 0 Å². The smallest absolute Gasteiger partial charge is 0.261 e. The van der Waals surface area contributed by atoms with Crippen LogP contribution in [0.5, 0.6) is 0 Å². The van der Waals surface area contributed by atoms with Crippen molar-refractivity contribution in [3.63, 3.8) is 0 Å². The Balaban J connectivity index is 1.77. The fourth-order valence-corrected chi connectivity index (χ4v) is 4.47. The topological polar surface area (TPSA) is 92.3 Å². The monoisotopic (exact) mass is 442 g/mol. The average Bonchev–Trinajstić information content (AvgIpc) is 2.65. The number of nitrogens with one attached hydrogen (secondary N) is 2. The lowest BCUT2D eigenvalue weighted by atomic mass is 10.3. The Morgan fingerprint density at radius 3 is 1.59 bits per heavy atom. The third-order valence-electron chi connectivity index (χ3n) is 3.70. The van der Waals surface area contributed by atoms with Crippen molar-refractivity contribution >= 4 is 31.4 Å². The molecule has 3 aromatic rings. The fourth-order valence-electron chi connectivity index (χ4n) is 2.31. The standard InChI is InChI=1S/C18H13F3N2O4S2/c19-12-2-1-3-15(10-12)28(24,25)22-13-4-6-14(7-5-13)23-29(26,27)16-8-9-17(20)18(21)11-16/h1-11,22-23H. The van der Waals surface area contributed by atoms with Gasteiger partial charge in [0.05, 0.1) is 9.79 Å². The van der Waals surface area contributed by atoms with Crippen molar-refractivity contribution in [2.24, 2.45) is 0 Å². The lowest BCUT2D eigenvalue weighted by Crippen LogP contribution is -2.14. The number of hydrogen-bond donors (Lipinski definition) is 2. The van der Waals surface area contributed by atoms with Crippen LogP contribution in [0.2, 0.25) is 0 Å². The summed E-state index contributed by atoms with van der Waals surface area (Å²) < 4.78 is 92.9. The van der Waals surface area contributed by atoms with Gasteiger partial charge in [0.1, 0.15) is 5.82 Å². The van der Waals surface area contributed by atoms with Crippen molar-refractivity contribution in [1.82, 2.24) is 0 Å². The van der Waals surface area contributed by atoms with Crippen LogP contribution in [0.3, 0.4) is 0 Å². The first-order valence-electron chi connectivity index (χ1n) is 7.93. The summed E-state index contributed by atoms with van der Waals surface area (Å²) in [7, 11) is -8.23. The molecule has 0 heterocycles. The van der Waals surface area contributed by atoms with E-state index in [4.69, 9.17) is 0 Å². The van der Waals surface area contributed by atoms with Gasteiger partial charge in [-0.15, -0.1) is 0 Å². The molecule has 0 unspecified atom stereocenters. The van der Waals surface area contributed by atoms with Gasteiger partial charge in [0.2, 0.25) is 0 Å². The minimum atomic E-state index is -4.19. The van der Waals surface area contributed by atoms with E-state index >= 15 is 0 Å². The zero-order chi connectivity index (χ0) is 21.2. The van der Waals surface area contributed by atoms with E-state index in [-0.39, 0.29) is 16.3 Å². The number of sulfonamides is 2. The first kappa shape index (κ1) is 20.7. The number of halogens is 3. The third kappa shape index (κ3) is 4.87. The van der Waals surface area contributed by atoms with E-state index < -0.39 is 42.4 Å². The Bertz CT molecular complexity index is 1260. The average molecular weight is 442 g/mol. The van der Waals surface area contributed by atoms with Gasteiger partial charge in [0.15, 0.2) is 11.6 Å². The molecule has 11 heteroatoms. The molecule has 6 nitrogen and oxygen atoms in total. The van der Waals surface area contributed by atoms with Crippen molar-refractivity contribution < 1.29 is 30.0 Å². The molecule has 3 rings (SSSR count). The normalized spacial score (nSPS) is 11.8. The molecule has 0 bridgehead atoms. The van der Waals surface area contributed by atoms with E-state index in [1.54, 1.807) is 0 Å². The zero-order valence-electron chi connectivity index (χ0n) is 14.4. The summed E-state index contributed by atoms with van der Waals surface area (Å²) in [5, 5.41) is 0. The summed E-state index contributed by atoms with van der Waals surface area (Å²) in [5.41, 5.74) is 0.161. The van der Waals surface area contributed by atoms with Gasteiger partial charge in [-0.25, -0.2) is 30.0 Å². The summed E-state index contributed by atoms with van der Waals surface area (Å²) in [6, 6.07) is 11.6. The molecule has 2 N–H and O–H groups in total. The number of anilines is 2. The van der Waals surface area contributed by atoms with Crippen LogP contribution in [-0.4, -0.2) is 16.8 Å². The van der Waals surface area contributed by atoms with Crippen molar-refractivity contribution in [2.45, 2.75) is 9.79 Å². The number of benzene rings is 3. The minimum Gasteiger partial charge on any atom is -0.280 e.